The zero-order chi connectivity index (χ0) is 14.5. The summed E-state index contributed by atoms with van der Waals surface area (Å²) in [5, 5.41) is 11.6. The van der Waals surface area contributed by atoms with Crippen LogP contribution in [-0.4, -0.2) is 29.8 Å². The van der Waals surface area contributed by atoms with Crippen LogP contribution in [0.5, 0.6) is 0 Å². The topological polar surface area (TPSA) is 49.3 Å². The van der Waals surface area contributed by atoms with Crippen LogP contribution in [-0.2, 0) is 4.79 Å². The van der Waals surface area contributed by atoms with Crippen molar-refractivity contribution in [3.63, 3.8) is 0 Å². The molecule has 1 amide bonds. The maximum atomic E-state index is 12.8. The number of amides is 1. The number of hydrogen-bond acceptors (Lipinski definition) is 2. The van der Waals surface area contributed by atoms with Crippen LogP contribution in [0.15, 0.2) is 0 Å². The van der Waals surface area contributed by atoms with Crippen LogP contribution >= 0.6 is 0 Å². The van der Waals surface area contributed by atoms with Crippen molar-refractivity contribution >= 4 is 5.91 Å². The number of nitrogens with one attached hydrogen (secondary N) is 1. The molecule has 2 N–H and O–H groups in total. The largest absolute Gasteiger partial charge is 0.393 e. The summed E-state index contributed by atoms with van der Waals surface area (Å²) in [6.07, 6.45) is -2.05. The predicted octanol–water partition coefficient (Wildman–Crippen LogP) is 2.63. The molecule has 0 bridgehead atoms. The first-order valence-electron chi connectivity index (χ1n) is 6.85. The van der Waals surface area contributed by atoms with Gasteiger partial charge in [-0.3, -0.25) is 4.79 Å². The van der Waals surface area contributed by atoms with Crippen molar-refractivity contribution in [2.45, 2.75) is 57.7 Å². The fraction of sp³-hybridized carbons (Fsp3) is 0.923. The average molecular weight is 281 g/mol. The standard InChI is InChI=1S/C13H22F3NO2/c1-9(18)5-4-8-17-12(19)10-6-2-3-7-11(10)13(14,15)16/h9-11,18H,2-8H2,1H3,(H,17,19). The summed E-state index contributed by atoms with van der Waals surface area (Å²) in [5.41, 5.74) is 0. The maximum Gasteiger partial charge on any atom is 0.392 e. The fourth-order valence-corrected chi connectivity index (χ4v) is 2.58. The van der Waals surface area contributed by atoms with E-state index in [1.165, 1.54) is 0 Å². The van der Waals surface area contributed by atoms with Gasteiger partial charge in [0.1, 0.15) is 0 Å². The van der Waals surface area contributed by atoms with Crippen LogP contribution in [0.4, 0.5) is 13.2 Å². The lowest BCUT2D eigenvalue weighted by atomic mass is 9.78. The minimum absolute atomic E-state index is 0.0509. The molecule has 6 heteroatoms. The second kappa shape index (κ2) is 7.12. The number of carbonyl (C=O) groups is 1. The third-order valence-corrected chi connectivity index (χ3v) is 3.62. The Balaban J connectivity index is 2.44. The van der Waals surface area contributed by atoms with Crippen LogP contribution in [0.1, 0.15) is 45.4 Å². The minimum Gasteiger partial charge on any atom is -0.393 e. The van der Waals surface area contributed by atoms with Crippen LogP contribution < -0.4 is 5.32 Å². The van der Waals surface area contributed by atoms with E-state index in [9.17, 15) is 18.0 Å². The summed E-state index contributed by atoms with van der Waals surface area (Å²) < 4.78 is 38.5. The van der Waals surface area contributed by atoms with E-state index < -0.39 is 30.0 Å². The second-order valence-electron chi connectivity index (χ2n) is 5.32. The van der Waals surface area contributed by atoms with E-state index in [2.05, 4.69) is 5.32 Å². The molecule has 3 atom stereocenters. The van der Waals surface area contributed by atoms with Gasteiger partial charge in [-0.1, -0.05) is 12.8 Å². The molecule has 0 spiro atoms. The number of alkyl halides is 3. The number of aliphatic hydroxyl groups is 1. The number of aliphatic hydroxyl groups excluding tert-OH is 1. The Bertz CT molecular complexity index is 292. The van der Waals surface area contributed by atoms with Crippen molar-refractivity contribution in [2.24, 2.45) is 11.8 Å². The highest BCUT2D eigenvalue weighted by atomic mass is 19.4. The van der Waals surface area contributed by atoms with Gasteiger partial charge in [0.15, 0.2) is 0 Å². The maximum absolute atomic E-state index is 12.8. The van der Waals surface area contributed by atoms with Gasteiger partial charge in [-0.2, -0.15) is 13.2 Å². The molecule has 0 aromatic heterocycles. The summed E-state index contributed by atoms with van der Waals surface area (Å²) >= 11 is 0. The predicted molar refractivity (Wildman–Crippen MR) is 65.4 cm³/mol. The molecule has 0 aliphatic heterocycles. The first kappa shape index (κ1) is 16.3. The van der Waals surface area contributed by atoms with Gasteiger partial charge in [0.25, 0.3) is 0 Å². The molecule has 3 unspecified atom stereocenters. The van der Waals surface area contributed by atoms with Crippen molar-refractivity contribution in [1.82, 2.24) is 5.32 Å². The SMILES string of the molecule is CC(O)CCCNC(=O)C1CCCCC1C(F)(F)F. The molecular weight excluding hydrogens is 259 g/mol. The highest BCUT2D eigenvalue weighted by molar-refractivity contribution is 5.79. The number of rotatable bonds is 5. The van der Waals surface area contributed by atoms with Gasteiger partial charge in [-0.25, -0.2) is 0 Å². The molecule has 1 saturated carbocycles. The Kier molecular flexibility index (Phi) is 6.10. The third kappa shape index (κ3) is 5.38. The highest BCUT2D eigenvalue weighted by Crippen LogP contribution is 2.41. The fourth-order valence-electron chi connectivity index (χ4n) is 2.58. The molecule has 1 aliphatic carbocycles. The van der Waals surface area contributed by atoms with Gasteiger partial charge in [0.05, 0.1) is 12.0 Å². The quantitative estimate of drug-likeness (QED) is 0.761. The Labute approximate surface area is 111 Å². The van der Waals surface area contributed by atoms with Gasteiger partial charge in [-0.15, -0.1) is 0 Å². The number of hydrogen-bond donors (Lipinski definition) is 2. The summed E-state index contributed by atoms with van der Waals surface area (Å²) in [5.74, 6) is -2.94. The second-order valence-corrected chi connectivity index (χ2v) is 5.32. The van der Waals surface area contributed by atoms with Crippen LogP contribution in [0, 0.1) is 11.8 Å². The molecule has 1 aliphatic rings. The summed E-state index contributed by atoms with van der Waals surface area (Å²) in [7, 11) is 0. The monoisotopic (exact) mass is 281 g/mol. The zero-order valence-electron chi connectivity index (χ0n) is 11.2. The van der Waals surface area contributed by atoms with E-state index in [-0.39, 0.29) is 6.42 Å². The lowest BCUT2D eigenvalue weighted by Crippen LogP contribution is -2.42. The summed E-state index contributed by atoms with van der Waals surface area (Å²) in [4.78, 5) is 11.8. The first-order chi connectivity index (χ1) is 8.82. The molecule has 0 radical (unpaired) electrons. The van der Waals surface area contributed by atoms with E-state index >= 15 is 0 Å². The molecule has 3 nitrogen and oxygen atoms in total. The molecule has 1 rings (SSSR count). The number of carbonyl (C=O) groups excluding carboxylic acids is 1. The molecule has 0 heterocycles. The minimum atomic E-state index is -4.29. The van der Waals surface area contributed by atoms with Crippen molar-refractivity contribution in [3.8, 4) is 0 Å². The van der Waals surface area contributed by atoms with Crippen molar-refractivity contribution < 1.29 is 23.1 Å². The molecular formula is C13H22F3NO2. The molecule has 0 aromatic carbocycles. The summed E-state index contributed by atoms with van der Waals surface area (Å²) in [6.45, 7) is 1.97. The van der Waals surface area contributed by atoms with Gasteiger partial charge in [0.2, 0.25) is 5.91 Å². The van der Waals surface area contributed by atoms with Gasteiger partial charge in [0, 0.05) is 12.5 Å². The van der Waals surface area contributed by atoms with Gasteiger partial charge < -0.3 is 10.4 Å². The van der Waals surface area contributed by atoms with E-state index in [1.54, 1.807) is 6.92 Å². The Morgan fingerprint density at radius 2 is 2.00 bits per heavy atom. The van der Waals surface area contributed by atoms with E-state index in [4.69, 9.17) is 5.11 Å². The Morgan fingerprint density at radius 1 is 1.37 bits per heavy atom. The zero-order valence-corrected chi connectivity index (χ0v) is 11.2. The van der Waals surface area contributed by atoms with Crippen molar-refractivity contribution in [2.75, 3.05) is 6.54 Å². The lowest BCUT2D eigenvalue weighted by molar-refractivity contribution is -0.198. The van der Waals surface area contributed by atoms with Crippen LogP contribution in [0.25, 0.3) is 0 Å². The average Bonchev–Trinajstić information content (AvgIpc) is 2.33. The van der Waals surface area contributed by atoms with E-state index in [0.717, 1.165) is 0 Å². The van der Waals surface area contributed by atoms with Crippen LogP contribution in [0.3, 0.4) is 0 Å². The van der Waals surface area contributed by atoms with E-state index in [1.807, 2.05) is 0 Å². The van der Waals surface area contributed by atoms with E-state index in [0.29, 0.717) is 38.6 Å². The number of halogens is 3. The van der Waals surface area contributed by atoms with Crippen LogP contribution in [0.2, 0.25) is 0 Å². The highest BCUT2D eigenvalue weighted by Gasteiger charge is 2.47. The lowest BCUT2D eigenvalue weighted by Gasteiger charge is -2.32. The van der Waals surface area contributed by atoms with Gasteiger partial charge in [-0.05, 0) is 32.6 Å². The smallest absolute Gasteiger partial charge is 0.392 e. The molecule has 112 valence electrons. The molecule has 0 saturated heterocycles. The van der Waals surface area contributed by atoms with Crippen molar-refractivity contribution in [1.29, 1.82) is 0 Å². The molecule has 0 aromatic rings. The first-order valence-corrected chi connectivity index (χ1v) is 6.85. The molecule has 19 heavy (non-hydrogen) atoms. The summed E-state index contributed by atoms with van der Waals surface area (Å²) in [6, 6.07) is 0. The van der Waals surface area contributed by atoms with Crippen molar-refractivity contribution in [3.05, 3.63) is 0 Å². The third-order valence-electron chi connectivity index (χ3n) is 3.62. The molecule has 1 fully saturated rings. The normalized spacial score (nSPS) is 25.9. The van der Waals surface area contributed by atoms with Gasteiger partial charge >= 0.3 is 6.18 Å². The Hall–Kier alpha value is -0.780. The Morgan fingerprint density at radius 3 is 2.58 bits per heavy atom.